The summed E-state index contributed by atoms with van der Waals surface area (Å²) >= 11 is 3.45. The maximum absolute atomic E-state index is 13.8. The number of rotatable bonds is 7. The van der Waals surface area contributed by atoms with Gasteiger partial charge in [0.05, 0.1) is 11.4 Å². The molecule has 44 heavy (non-hydrogen) atoms. The lowest BCUT2D eigenvalue weighted by Crippen LogP contribution is -2.57. The number of ether oxygens (including phenoxy) is 1. The molecular formula is C36H28BrN3O4. The summed E-state index contributed by atoms with van der Waals surface area (Å²) in [4.78, 5) is 43.3. The molecule has 1 saturated heterocycles. The van der Waals surface area contributed by atoms with Crippen LogP contribution in [0.1, 0.15) is 22.5 Å². The average Bonchev–Trinajstić information content (AvgIpc) is 3.32. The van der Waals surface area contributed by atoms with Crippen molar-refractivity contribution < 1.29 is 19.1 Å². The Balaban J connectivity index is 1.32. The minimum absolute atomic E-state index is 0.103. The highest BCUT2D eigenvalue weighted by Crippen LogP contribution is 2.31. The van der Waals surface area contributed by atoms with E-state index in [-0.39, 0.29) is 5.57 Å². The number of hydrogen-bond acceptors (Lipinski definition) is 4. The van der Waals surface area contributed by atoms with E-state index in [2.05, 4.69) is 20.5 Å². The first-order chi connectivity index (χ1) is 21.3. The number of carbonyl (C=O) groups is 3. The van der Waals surface area contributed by atoms with Gasteiger partial charge in [0, 0.05) is 21.5 Å². The van der Waals surface area contributed by atoms with Crippen LogP contribution in [0.5, 0.6) is 5.75 Å². The first-order valence-electron chi connectivity index (χ1n) is 14.0. The van der Waals surface area contributed by atoms with Crippen molar-refractivity contribution in [3.8, 4) is 11.4 Å². The maximum atomic E-state index is 13.8. The van der Waals surface area contributed by atoms with Crippen LogP contribution in [0, 0.1) is 13.8 Å². The standard InChI is InChI=1S/C36H28BrN3O4/c1-24-21-27(25(2)38(24)31-17-19-32(20-18-31)44-23-26-13-15-28(37)16-14-26)22-33-34(41)39(29-9-5-3-6-10-29)36(43)40(35(33)42)30-11-7-4-8-12-30/h3-22H,23H2,1-2H3. The fourth-order valence-corrected chi connectivity index (χ4v) is 5.53. The maximum Gasteiger partial charge on any atom is 0.343 e. The summed E-state index contributed by atoms with van der Waals surface area (Å²) in [6, 6.07) is 34.2. The predicted molar refractivity (Wildman–Crippen MR) is 175 cm³/mol. The Morgan fingerprint density at radius 3 is 1.77 bits per heavy atom. The van der Waals surface area contributed by atoms with Crippen LogP contribution in [0.2, 0.25) is 0 Å². The van der Waals surface area contributed by atoms with Crippen LogP contribution < -0.4 is 14.5 Å². The van der Waals surface area contributed by atoms with Gasteiger partial charge in [-0.2, -0.15) is 0 Å². The van der Waals surface area contributed by atoms with Crippen molar-refractivity contribution in [2.45, 2.75) is 20.5 Å². The van der Waals surface area contributed by atoms with E-state index in [1.54, 1.807) is 66.7 Å². The number of urea groups is 1. The highest BCUT2D eigenvalue weighted by atomic mass is 79.9. The van der Waals surface area contributed by atoms with Crippen LogP contribution in [0.3, 0.4) is 0 Å². The number of amides is 4. The van der Waals surface area contributed by atoms with E-state index in [0.717, 1.165) is 42.7 Å². The number of aryl methyl sites for hydroxylation is 1. The molecule has 0 aliphatic carbocycles. The van der Waals surface area contributed by atoms with Crippen molar-refractivity contribution in [3.05, 3.63) is 148 Å². The van der Waals surface area contributed by atoms with Gasteiger partial charge in [0.1, 0.15) is 17.9 Å². The molecule has 1 fully saturated rings. The van der Waals surface area contributed by atoms with E-state index < -0.39 is 17.8 Å². The fraction of sp³-hybridized carbons (Fsp3) is 0.0833. The van der Waals surface area contributed by atoms with Gasteiger partial charge >= 0.3 is 6.03 Å². The second kappa shape index (κ2) is 12.2. The van der Waals surface area contributed by atoms with Gasteiger partial charge in [0.25, 0.3) is 11.8 Å². The second-order valence-corrected chi connectivity index (χ2v) is 11.3. The zero-order valence-corrected chi connectivity index (χ0v) is 25.7. The van der Waals surface area contributed by atoms with Crippen molar-refractivity contribution in [2.24, 2.45) is 0 Å². The molecule has 0 spiro atoms. The van der Waals surface area contributed by atoms with E-state index >= 15 is 0 Å². The van der Waals surface area contributed by atoms with E-state index in [1.165, 1.54) is 0 Å². The van der Waals surface area contributed by atoms with Gasteiger partial charge in [-0.15, -0.1) is 0 Å². The van der Waals surface area contributed by atoms with E-state index in [9.17, 15) is 14.4 Å². The molecule has 7 nitrogen and oxygen atoms in total. The number of carbonyl (C=O) groups excluding carboxylic acids is 3. The van der Waals surface area contributed by atoms with Crippen LogP contribution in [-0.2, 0) is 16.2 Å². The molecule has 8 heteroatoms. The first kappa shape index (κ1) is 28.9. The van der Waals surface area contributed by atoms with Crippen LogP contribution in [0.4, 0.5) is 16.2 Å². The summed E-state index contributed by atoms with van der Waals surface area (Å²) in [5.74, 6) is -0.600. The molecule has 0 saturated carbocycles. The molecule has 4 aromatic carbocycles. The largest absolute Gasteiger partial charge is 0.489 e. The molecule has 0 atom stereocenters. The number of anilines is 2. The summed E-state index contributed by atoms with van der Waals surface area (Å²) < 4.78 is 9.04. The number of hydrogen-bond donors (Lipinski definition) is 0. The van der Waals surface area contributed by atoms with E-state index in [0.29, 0.717) is 23.5 Å². The van der Waals surface area contributed by atoms with Crippen LogP contribution in [-0.4, -0.2) is 22.4 Å². The monoisotopic (exact) mass is 645 g/mol. The molecule has 5 aromatic rings. The van der Waals surface area contributed by atoms with Gasteiger partial charge < -0.3 is 9.30 Å². The van der Waals surface area contributed by atoms with Crippen LogP contribution >= 0.6 is 15.9 Å². The second-order valence-electron chi connectivity index (χ2n) is 10.4. The summed E-state index contributed by atoms with van der Waals surface area (Å²) in [7, 11) is 0. The summed E-state index contributed by atoms with van der Waals surface area (Å²) in [5.41, 5.74) is 5.10. The molecule has 1 aromatic heterocycles. The van der Waals surface area contributed by atoms with Crippen LogP contribution in [0.15, 0.2) is 125 Å². The normalized spacial score (nSPS) is 13.4. The Bertz CT molecular complexity index is 1820. The minimum atomic E-state index is -0.720. The number of imide groups is 2. The number of barbiturate groups is 1. The Morgan fingerprint density at radius 1 is 0.682 bits per heavy atom. The molecule has 0 unspecified atom stereocenters. The summed E-state index contributed by atoms with van der Waals surface area (Å²) in [6.45, 7) is 4.36. The molecule has 1 aliphatic heterocycles. The first-order valence-corrected chi connectivity index (χ1v) is 14.8. The van der Waals surface area contributed by atoms with Gasteiger partial charge in [-0.05, 0) is 97.8 Å². The molecule has 4 amide bonds. The lowest BCUT2D eigenvalue weighted by Gasteiger charge is -2.33. The summed E-state index contributed by atoms with van der Waals surface area (Å²) in [6.07, 6.45) is 1.58. The highest BCUT2D eigenvalue weighted by molar-refractivity contribution is 9.10. The number of aromatic nitrogens is 1. The van der Waals surface area contributed by atoms with Gasteiger partial charge in [0.15, 0.2) is 0 Å². The zero-order valence-electron chi connectivity index (χ0n) is 24.1. The molecule has 6 rings (SSSR count). The molecular weight excluding hydrogens is 618 g/mol. The molecule has 0 N–H and O–H groups in total. The van der Waals surface area contributed by atoms with Gasteiger partial charge in [-0.3, -0.25) is 9.59 Å². The third kappa shape index (κ3) is 5.59. The van der Waals surface area contributed by atoms with Gasteiger partial charge in [-0.1, -0.05) is 64.5 Å². The molecule has 218 valence electrons. The Kier molecular flexibility index (Phi) is 8.00. The molecule has 0 radical (unpaired) electrons. The van der Waals surface area contributed by atoms with Crippen molar-refractivity contribution in [2.75, 3.05) is 9.80 Å². The molecule has 2 heterocycles. The Hall–Kier alpha value is -5.21. The van der Waals surface area contributed by atoms with Crippen molar-refractivity contribution in [1.82, 2.24) is 4.57 Å². The van der Waals surface area contributed by atoms with Crippen molar-refractivity contribution in [3.63, 3.8) is 0 Å². The third-order valence-corrected chi connectivity index (χ3v) is 7.99. The van der Waals surface area contributed by atoms with Gasteiger partial charge in [-0.25, -0.2) is 14.6 Å². The Labute approximate surface area is 263 Å². The fourth-order valence-electron chi connectivity index (χ4n) is 5.26. The van der Waals surface area contributed by atoms with Crippen LogP contribution in [0.25, 0.3) is 11.8 Å². The average molecular weight is 647 g/mol. The third-order valence-electron chi connectivity index (χ3n) is 7.46. The predicted octanol–water partition coefficient (Wildman–Crippen LogP) is 8.02. The Morgan fingerprint density at radius 2 is 1.23 bits per heavy atom. The quantitative estimate of drug-likeness (QED) is 0.133. The van der Waals surface area contributed by atoms with Crippen molar-refractivity contribution >= 4 is 51.2 Å². The van der Waals surface area contributed by atoms with Crippen molar-refractivity contribution in [1.29, 1.82) is 0 Å². The lowest BCUT2D eigenvalue weighted by atomic mass is 10.0. The summed E-state index contributed by atoms with van der Waals surface area (Å²) in [5, 5.41) is 0. The molecule has 0 bridgehead atoms. The minimum Gasteiger partial charge on any atom is -0.489 e. The topological polar surface area (TPSA) is 71.9 Å². The number of halogens is 1. The molecule has 1 aliphatic rings. The smallest absolute Gasteiger partial charge is 0.343 e. The van der Waals surface area contributed by atoms with Gasteiger partial charge in [0.2, 0.25) is 0 Å². The number of nitrogens with zero attached hydrogens (tertiary/aromatic N) is 3. The van der Waals surface area contributed by atoms with E-state index in [1.807, 2.05) is 68.4 Å². The van der Waals surface area contributed by atoms with E-state index in [4.69, 9.17) is 4.74 Å². The number of benzene rings is 4. The zero-order chi connectivity index (χ0) is 30.8. The SMILES string of the molecule is Cc1cc(C=C2C(=O)N(c3ccccc3)C(=O)N(c3ccccc3)C2=O)c(C)n1-c1ccc(OCc2ccc(Br)cc2)cc1. The number of para-hydroxylation sites is 2. The highest BCUT2D eigenvalue weighted by Gasteiger charge is 2.43. The lowest BCUT2D eigenvalue weighted by molar-refractivity contribution is -0.121.